The van der Waals surface area contributed by atoms with Gasteiger partial charge in [-0.25, -0.2) is 0 Å². The summed E-state index contributed by atoms with van der Waals surface area (Å²) in [4.78, 5) is 25.0. The number of rotatable bonds is 5. The van der Waals surface area contributed by atoms with Gasteiger partial charge in [-0.05, 0) is 30.7 Å². The van der Waals surface area contributed by atoms with Gasteiger partial charge < -0.3 is 9.47 Å². The van der Waals surface area contributed by atoms with Crippen molar-refractivity contribution in [3.05, 3.63) is 57.6 Å². The molecule has 0 bridgehead atoms. The van der Waals surface area contributed by atoms with Crippen LogP contribution in [0, 0.1) is 5.92 Å². The third kappa shape index (κ3) is 8.65. The molecule has 0 heterocycles. The third-order valence-electron chi connectivity index (χ3n) is 5.44. The molecule has 252 valence electrons. The maximum Gasteiger partial charge on any atom is 0.420 e. The first kappa shape index (κ1) is 37.3. The first-order valence-corrected chi connectivity index (χ1v) is 11.1. The summed E-state index contributed by atoms with van der Waals surface area (Å²) >= 11 is 0. The van der Waals surface area contributed by atoms with Crippen LogP contribution in [-0.4, -0.2) is 11.9 Å². The predicted octanol–water partition coefficient (Wildman–Crippen LogP) is 9.34. The number of esters is 2. The Labute approximate surface area is 236 Å². The first-order chi connectivity index (χ1) is 19.9. The van der Waals surface area contributed by atoms with Crippen LogP contribution in [0.3, 0.4) is 0 Å². The highest BCUT2D eigenvalue weighted by molar-refractivity contribution is 5.97. The number of carbonyl (C=O) groups is 2. The summed E-state index contributed by atoms with van der Waals surface area (Å²) < 4.78 is 248. The van der Waals surface area contributed by atoms with E-state index in [9.17, 15) is 88.6 Å². The highest BCUT2D eigenvalue weighted by atomic mass is 19.4. The van der Waals surface area contributed by atoms with Crippen molar-refractivity contribution in [3.63, 3.8) is 0 Å². The van der Waals surface area contributed by atoms with Gasteiger partial charge in [0.1, 0.15) is 0 Å². The van der Waals surface area contributed by atoms with Gasteiger partial charge in [0.05, 0.1) is 33.4 Å². The molecule has 2 rings (SSSR count). The van der Waals surface area contributed by atoms with Gasteiger partial charge in [-0.15, -0.1) is 0 Å². The molecule has 4 nitrogen and oxygen atoms in total. The SMILES string of the molecule is CCC(C(=O)Oc1c(C(F)(F)F)cc(C(F)(F)F)cc1C(F)(F)F)C(=O)Oc1c(C(F)(F)F)cc(C(F)(F)F)cc1C(F)(F)F. The molecule has 0 atom stereocenters. The van der Waals surface area contributed by atoms with Crippen LogP contribution in [0.1, 0.15) is 46.7 Å². The Morgan fingerprint density at radius 1 is 0.489 bits per heavy atom. The van der Waals surface area contributed by atoms with Crippen LogP contribution in [0.5, 0.6) is 11.5 Å². The Bertz CT molecular complexity index is 1260. The second-order valence-electron chi connectivity index (χ2n) is 8.59. The van der Waals surface area contributed by atoms with E-state index in [0.717, 1.165) is 0 Å². The van der Waals surface area contributed by atoms with Crippen molar-refractivity contribution in [2.45, 2.75) is 50.4 Å². The number of carbonyl (C=O) groups excluding carboxylic acids is 2. The van der Waals surface area contributed by atoms with Crippen molar-refractivity contribution in [2.75, 3.05) is 0 Å². The zero-order valence-electron chi connectivity index (χ0n) is 21.0. The summed E-state index contributed by atoms with van der Waals surface area (Å²) in [6, 6.07) is -3.70. The molecule has 0 aliphatic rings. The molecule has 2 aromatic rings. The third-order valence-corrected chi connectivity index (χ3v) is 5.44. The van der Waals surface area contributed by atoms with Crippen LogP contribution in [0.15, 0.2) is 24.3 Å². The van der Waals surface area contributed by atoms with Crippen LogP contribution in [-0.2, 0) is 46.6 Å². The number of benzene rings is 2. The smallest absolute Gasteiger partial charge is 0.420 e. The lowest BCUT2D eigenvalue weighted by Crippen LogP contribution is -2.33. The summed E-state index contributed by atoms with van der Waals surface area (Å²) in [5, 5.41) is 0. The van der Waals surface area contributed by atoms with Crippen molar-refractivity contribution >= 4 is 11.9 Å². The minimum absolute atomic E-state index is 0.650. The monoisotopic (exact) mass is 692 g/mol. The average Bonchev–Trinajstić information content (AvgIpc) is 2.80. The van der Waals surface area contributed by atoms with Crippen LogP contribution in [0.25, 0.3) is 0 Å². The van der Waals surface area contributed by atoms with E-state index in [2.05, 4.69) is 9.47 Å². The number of halogens is 18. The lowest BCUT2D eigenvalue weighted by Gasteiger charge is -2.23. The Morgan fingerprint density at radius 3 is 0.867 bits per heavy atom. The molecule has 0 spiro atoms. The normalized spacial score (nSPS) is 13.7. The zero-order valence-corrected chi connectivity index (χ0v) is 21.0. The quantitative estimate of drug-likeness (QED) is 0.136. The van der Waals surface area contributed by atoms with E-state index in [-0.39, 0.29) is 0 Å². The van der Waals surface area contributed by atoms with Crippen molar-refractivity contribution in [3.8, 4) is 11.5 Å². The summed E-state index contributed by atoms with van der Waals surface area (Å²) in [5.74, 6) is -13.6. The van der Waals surface area contributed by atoms with Crippen molar-refractivity contribution in [2.24, 2.45) is 5.92 Å². The van der Waals surface area contributed by atoms with E-state index < -0.39 is 130 Å². The molecule has 45 heavy (non-hydrogen) atoms. The van der Waals surface area contributed by atoms with Crippen molar-refractivity contribution < 1.29 is 98.1 Å². The molecule has 0 radical (unpaired) electrons. The van der Waals surface area contributed by atoms with Gasteiger partial charge in [0.25, 0.3) is 0 Å². The standard InChI is InChI=1S/C23H10F18O4/c1-2-9(16(42)44-14-10(20(30,31)32)3-7(18(24,25)26)4-11(14)21(33,34)35)17(43)45-15-12(22(36,37)38)5-8(19(27,28)29)6-13(15)23(39,40)41/h3-6,9H,2H2,1H3. The fourth-order valence-electron chi connectivity index (χ4n) is 3.42. The van der Waals surface area contributed by atoms with Crippen molar-refractivity contribution in [1.29, 1.82) is 0 Å². The lowest BCUT2D eigenvalue weighted by molar-refractivity contribution is -0.156. The Kier molecular flexibility index (Phi) is 9.79. The molecular formula is C23H10F18O4. The lowest BCUT2D eigenvalue weighted by atomic mass is 10.0. The molecular weight excluding hydrogens is 682 g/mol. The average molecular weight is 692 g/mol. The maximum atomic E-state index is 13.5. The number of hydrogen-bond acceptors (Lipinski definition) is 4. The van der Waals surface area contributed by atoms with E-state index in [1.54, 1.807) is 0 Å². The molecule has 0 saturated carbocycles. The van der Waals surface area contributed by atoms with E-state index in [0.29, 0.717) is 6.92 Å². The molecule has 0 aliphatic carbocycles. The highest BCUT2D eigenvalue weighted by Gasteiger charge is 2.49. The minimum atomic E-state index is -6.14. The van der Waals surface area contributed by atoms with E-state index >= 15 is 0 Å². The van der Waals surface area contributed by atoms with Gasteiger partial charge in [0, 0.05) is 0 Å². The molecule has 0 amide bonds. The van der Waals surface area contributed by atoms with Crippen LogP contribution >= 0.6 is 0 Å². The topological polar surface area (TPSA) is 52.6 Å². The molecule has 0 N–H and O–H groups in total. The van der Waals surface area contributed by atoms with Crippen LogP contribution in [0.4, 0.5) is 79.0 Å². The number of alkyl halides is 18. The van der Waals surface area contributed by atoms with Gasteiger partial charge in [-0.2, -0.15) is 79.0 Å². The van der Waals surface area contributed by atoms with E-state index in [1.165, 1.54) is 0 Å². The van der Waals surface area contributed by atoms with Gasteiger partial charge >= 0.3 is 49.0 Å². The second-order valence-corrected chi connectivity index (χ2v) is 8.59. The molecule has 2 aromatic carbocycles. The number of hydrogen-bond donors (Lipinski definition) is 0. The zero-order chi connectivity index (χ0) is 35.3. The van der Waals surface area contributed by atoms with Gasteiger partial charge in [-0.3, -0.25) is 9.59 Å². The molecule has 0 fully saturated rings. The van der Waals surface area contributed by atoms with Gasteiger partial charge in [0.15, 0.2) is 17.4 Å². The second kappa shape index (κ2) is 11.8. The van der Waals surface area contributed by atoms with Gasteiger partial charge in [-0.1, -0.05) is 6.92 Å². The minimum Gasteiger partial charge on any atom is -0.425 e. The van der Waals surface area contributed by atoms with E-state index in [1.807, 2.05) is 0 Å². The van der Waals surface area contributed by atoms with Crippen LogP contribution in [0.2, 0.25) is 0 Å². The fourth-order valence-corrected chi connectivity index (χ4v) is 3.42. The van der Waals surface area contributed by atoms with E-state index in [4.69, 9.17) is 0 Å². The summed E-state index contributed by atoms with van der Waals surface area (Å²) in [6.07, 6.45) is -37.4. The predicted molar refractivity (Wildman–Crippen MR) is 108 cm³/mol. The van der Waals surface area contributed by atoms with Crippen LogP contribution < -0.4 is 9.47 Å². The largest absolute Gasteiger partial charge is 0.425 e. The number of ether oxygens (including phenoxy) is 2. The molecule has 22 heteroatoms. The molecule has 0 unspecified atom stereocenters. The Hall–Kier alpha value is -3.88. The molecule has 0 saturated heterocycles. The molecule has 0 aromatic heterocycles. The summed E-state index contributed by atoms with van der Waals surface area (Å²) in [5.41, 5.74) is -16.6. The summed E-state index contributed by atoms with van der Waals surface area (Å²) in [6.45, 7) is 0.650. The van der Waals surface area contributed by atoms with Crippen molar-refractivity contribution in [1.82, 2.24) is 0 Å². The highest BCUT2D eigenvalue weighted by Crippen LogP contribution is 2.49. The Balaban J connectivity index is 2.72. The molecule has 0 aliphatic heterocycles. The first-order valence-electron chi connectivity index (χ1n) is 11.1. The fraction of sp³-hybridized carbons (Fsp3) is 0.391. The van der Waals surface area contributed by atoms with Gasteiger partial charge in [0.2, 0.25) is 0 Å². The Morgan fingerprint density at radius 2 is 0.711 bits per heavy atom. The summed E-state index contributed by atoms with van der Waals surface area (Å²) in [7, 11) is 0. The maximum absolute atomic E-state index is 13.5.